The molecule has 1 saturated heterocycles. The van der Waals surface area contributed by atoms with Gasteiger partial charge in [-0.15, -0.1) is 0 Å². The van der Waals surface area contributed by atoms with Crippen molar-refractivity contribution < 1.29 is 42.7 Å². The highest BCUT2D eigenvalue weighted by molar-refractivity contribution is 5.95. The van der Waals surface area contributed by atoms with Gasteiger partial charge in [0, 0.05) is 18.0 Å². The molecular formula is C36H33NO9. The minimum Gasteiger partial charge on any atom is -0.493 e. The van der Waals surface area contributed by atoms with Gasteiger partial charge in [-0.3, -0.25) is 0 Å². The number of rotatable bonds is 10. The van der Waals surface area contributed by atoms with Gasteiger partial charge in [-0.25, -0.2) is 9.59 Å². The summed E-state index contributed by atoms with van der Waals surface area (Å²) in [6.07, 6.45) is -0.820. The van der Waals surface area contributed by atoms with Crippen molar-refractivity contribution in [2.45, 2.75) is 24.5 Å². The monoisotopic (exact) mass is 623 g/mol. The first kappa shape index (κ1) is 29.5. The second-order valence-corrected chi connectivity index (χ2v) is 11.1. The molecule has 4 aromatic rings. The molecule has 0 spiro atoms. The lowest BCUT2D eigenvalue weighted by Gasteiger charge is -2.15. The first-order valence-electron chi connectivity index (χ1n) is 15.0. The average Bonchev–Trinajstić information content (AvgIpc) is 3.63. The van der Waals surface area contributed by atoms with Crippen molar-refractivity contribution in [2.75, 3.05) is 41.3 Å². The SMILES string of the molecule is COC(=O)c1c([C@@H]2O[C@H]2c2cc3c(cc2CCNC(=O)OCC2c4ccccc4-c4ccccc42)OCO3)ccc(OC)c1OC. The lowest BCUT2D eigenvalue weighted by molar-refractivity contribution is 0.0594. The van der Waals surface area contributed by atoms with Gasteiger partial charge >= 0.3 is 12.1 Å². The molecule has 10 nitrogen and oxygen atoms in total. The zero-order valence-corrected chi connectivity index (χ0v) is 25.7. The summed E-state index contributed by atoms with van der Waals surface area (Å²) in [5, 5.41) is 2.89. The largest absolute Gasteiger partial charge is 0.493 e. The lowest BCUT2D eigenvalue weighted by Crippen LogP contribution is -2.28. The van der Waals surface area contributed by atoms with Gasteiger partial charge in [-0.1, -0.05) is 54.6 Å². The van der Waals surface area contributed by atoms with E-state index < -0.39 is 18.2 Å². The van der Waals surface area contributed by atoms with E-state index in [2.05, 4.69) is 29.6 Å². The molecule has 3 aliphatic rings. The van der Waals surface area contributed by atoms with Crippen molar-refractivity contribution in [1.29, 1.82) is 0 Å². The van der Waals surface area contributed by atoms with Crippen molar-refractivity contribution in [3.05, 3.63) is 106 Å². The number of hydrogen-bond acceptors (Lipinski definition) is 9. The Kier molecular flexibility index (Phi) is 7.88. The summed E-state index contributed by atoms with van der Waals surface area (Å²) < 4.78 is 39.2. The van der Waals surface area contributed by atoms with E-state index in [1.165, 1.54) is 32.5 Å². The number of alkyl carbamates (subject to hydrolysis) is 1. The number of hydrogen-bond donors (Lipinski definition) is 1. The third-order valence-corrected chi connectivity index (χ3v) is 8.71. The average molecular weight is 624 g/mol. The summed E-state index contributed by atoms with van der Waals surface area (Å²) in [4.78, 5) is 25.7. The third kappa shape index (κ3) is 5.24. The topological polar surface area (TPSA) is 114 Å². The Morgan fingerprint density at radius 3 is 2.15 bits per heavy atom. The van der Waals surface area contributed by atoms with Crippen LogP contribution in [0.25, 0.3) is 11.1 Å². The molecule has 0 bridgehead atoms. The Hall–Kier alpha value is -5.22. The Balaban J connectivity index is 1.05. The van der Waals surface area contributed by atoms with Crippen LogP contribution in [0.3, 0.4) is 0 Å². The predicted octanol–water partition coefficient (Wildman–Crippen LogP) is 6.11. The van der Waals surface area contributed by atoms with Crippen LogP contribution in [0.5, 0.6) is 23.0 Å². The van der Waals surface area contributed by atoms with Gasteiger partial charge in [-0.05, 0) is 58.0 Å². The van der Waals surface area contributed by atoms with Crippen LogP contribution in [-0.2, 0) is 20.6 Å². The normalized spacial score (nSPS) is 17.1. The number of ether oxygens (including phenoxy) is 7. The zero-order valence-electron chi connectivity index (χ0n) is 25.7. The third-order valence-electron chi connectivity index (χ3n) is 8.71. The van der Waals surface area contributed by atoms with Crippen molar-refractivity contribution in [2.24, 2.45) is 0 Å². The fourth-order valence-corrected chi connectivity index (χ4v) is 6.51. The maximum Gasteiger partial charge on any atom is 0.407 e. The van der Waals surface area contributed by atoms with Crippen LogP contribution in [0.1, 0.15) is 56.3 Å². The lowest BCUT2D eigenvalue weighted by atomic mass is 9.94. The number of fused-ring (bicyclic) bond motifs is 4. The minimum absolute atomic E-state index is 0.0194. The van der Waals surface area contributed by atoms with E-state index in [1.807, 2.05) is 36.4 Å². The first-order chi connectivity index (χ1) is 22.5. The summed E-state index contributed by atoms with van der Waals surface area (Å²) in [6, 6.07) is 23.8. The molecular weight excluding hydrogens is 590 g/mol. The van der Waals surface area contributed by atoms with Crippen molar-refractivity contribution in [3.63, 3.8) is 0 Å². The molecule has 236 valence electrons. The maximum absolute atomic E-state index is 12.8. The van der Waals surface area contributed by atoms with Gasteiger partial charge in [0.15, 0.2) is 23.0 Å². The first-order valence-corrected chi connectivity index (χ1v) is 15.0. The molecule has 4 aromatic carbocycles. The van der Waals surface area contributed by atoms with Gasteiger partial charge in [0.05, 0.1) is 21.3 Å². The molecule has 7 rings (SSSR count). The quantitative estimate of drug-likeness (QED) is 0.165. The standard InChI is InChI=1S/C36H33NO9/c1-40-28-13-12-25(31(34(28)41-2)35(38)42-3)32-33(46-32)26-17-30-29(44-19-45-30)16-20(26)14-15-37-36(39)43-18-27-23-10-6-4-8-21(23)22-9-5-7-11-24(22)27/h4-13,16-17,27,32-33H,14-15,18-19H2,1-3H3,(H,37,39)/t32-,33-/m0/s1. The summed E-state index contributed by atoms with van der Waals surface area (Å²) in [5.41, 5.74) is 7.32. The number of carbonyl (C=O) groups excluding carboxylic acids is 2. The van der Waals surface area contributed by atoms with Crippen LogP contribution in [0, 0.1) is 0 Å². The minimum atomic E-state index is -0.557. The van der Waals surface area contributed by atoms with Crippen molar-refractivity contribution in [3.8, 4) is 34.1 Å². The molecule has 1 N–H and O–H groups in total. The summed E-state index contributed by atoms with van der Waals surface area (Å²) >= 11 is 0. The molecule has 1 fully saturated rings. The van der Waals surface area contributed by atoms with Crippen LogP contribution in [0.15, 0.2) is 72.8 Å². The Labute approximate surface area is 266 Å². The smallest absolute Gasteiger partial charge is 0.407 e. The number of methoxy groups -OCH3 is 3. The van der Waals surface area contributed by atoms with Crippen molar-refractivity contribution >= 4 is 12.1 Å². The van der Waals surface area contributed by atoms with Crippen molar-refractivity contribution in [1.82, 2.24) is 5.32 Å². The van der Waals surface area contributed by atoms with Gasteiger partial charge in [0.1, 0.15) is 24.4 Å². The van der Waals surface area contributed by atoms with E-state index in [0.29, 0.717) is 35.8 Å². The van der Waals surface area contributed by atoms with Crippen LogP contribution in [0.4, 0.5) is 4.79 Å². The number of esters is 1. The van der Waals surface area contributed by atoms with Crippen LogP contribution in [0.2, 0.25) is 0 Å². The molecule has 2 atom stereocenters. The molecule has 0 unspecified atom stereocenters. The molecule has 10 heteroatoms. The van der Waals surface area contributed by atoms with E-state index >= 15 is 0 Å². The van der Waals surface area contributed by atoms with E-state index in [1.54, 1.807) is 12.1 Å². The number of epoxide rings is 1. The second-order valence-electron chi connectivity index (χ2n) is 11.1. The predicted molar refractivity (Wildman–Crippen MR) is 167 cm³/mol. The highest BCUT2D eigenvalue weighted by atomic mass is 16.7. The Morgan fingerprint density at radius 1 is 0.804 bits per heavy atom. The highest BCUT2D eigenvalue weighted by Gasteiger charge is 2.46. The van der Waals surface area contributed by atoms with E-state index in [9.17, 15) is 9.59 Å². The maximum atomic E-state index is 12.8. The van der Waals surface area contributed by atoms with Crippen LogP contribution in [-0.4, -0.2) is 53.3 Å². The molecule has 2 heterocycles. The van der Waals surface area contributed by atoms with Gasteiger partial charge < -0.3 is 38.5 Å². The number of nitrogens with one attached hydrogen (secondary N) is 1. The Morgan fingerprint density at radius 2 is 1.48 bits per heavy atom. The summed E-state index contributed by atoms with van der Waals surface area (Å²) in [5.74, 6) is 1.34. The fourth-order valence-electron chi connectivity index (χ4n) is 6.51. The second kappa shape index (κ2) is 12.3. The summed E-state index contributed by atoms with van der Waals surface area (Å²) in [7, 11) is 4.29. The molecule has 1 aliphatic carbocycles. The van der Waals surface area contributed by atoms with E-state index in [4.69, 9.17) is 33.2 Å². The fraction of sp³-hybridized carbons (Fsp3) is 0.278. The van der Waals surface area contributed by atoms with Gasteiger partial charge in [0.2, 0.25) is 6.79 Å². The van der Waals surface area contributed by atoms with Gasteiger partial charge in [-0.2, -0.15) is 0 Å². The zero-order chi connectivity index (χ0) is 31.8. The summed E-state index contributed by atoms with van der Waals surface area (Å²) in [6.45, 7) is 0.679. The van der Waals surface area contributed by atoms with Crippen LogP contribution < -0.4 is 24.3 Å². The molecule has 0 aromatic heterocycles. The molecule has 2 aliphatic heterocycles. The molecule has 0 saturated carbocycles. The van der Waals surface area contributed by atoms with Crippen LogP contribution >= 0.6 is 0 Å². The number of amides is 1. The highest BCUT2D eigenvalue weighted by Crippen LogP contribution is 2.56. The molecule has 0 radical (unpaired) electrons. The molecule has 46 heavy (non-hydrogen) atoms. The van der Waals surface area contributed by atoms with E-state index in [-0.39, 0.29) is 36.7 Å². The number of benzene rings is 4. The Bertz CT molecular complexity index is 1770. The molecule has 1 amide bonds. The van der Waals surface area contributed by atoms with E-state index in [0.717, 1.165) is 22.3 Å². The van der Waals surface area contributed by atoms with Gasteiger partial charge in [0.25, 0.3) is 0 Å². The number of carbonyl (C=O) groups is 2.